The van der Waals surface area contributed by atoms with Gasteiger partial charge < -0.3 is 10.0 Å². The van der Waals surface area contributed by atoms with E-state index in [1.807, 2.05) is 19.9 Å². The van der Waals surface area contributed by atoms with Gasteiger partial charge in [0.1, 0.15) is 5.92 Å². The zero-order valence-corrected chi connectivity index (χ0v) is 14.3. The van der Waals surface area contributed by atoms with Crippen LogP contribution in [0.1, 0.15) is 68.3 Å². The first-order valence-corrected chi connectivity index (χ1v) is 8.61. The molecule has 1 aliphatic heterocycles. The van der Waals surface area contributed by atoms with Crippen LogP contribution in [0.5, 0.6) is 0 Å². The van der Waals surface area contributed by atoms with Crippen LogP contribution >= 0.6 is 0 Å². The van der Waals surface area contributed by atoms with Crippen molar-refractivity contribution in [1.29, 1.82) is 0 Å². The van der Waals surface area contributed by atoms with Gasteiger partial charge in [-0.1, -0.05) is 58.2 Å². The number of unbranched alkanes of at least 4 members (excludes halogenated alkanes) is 3. The Kier molecular flexibility index (Phi) is 5.80. The maximum Gasteiger partial charge on any atom is 0.313 e. The third-order valence-corrected chi connectivity index (χ3v) is 4.69. The molecule has 0 fully saturated rings. The molecule has 0 spiro atoms. The second-order valence-electron chi connectivity index (χ2n) is 6.70. The summed E-state index contributed by atoms with van der Waals surface area (Å²) in [6.45, 7) is 6.79. The number of carbonyl (C=O) groups is 2. The molecule has 0 radical (unpaired) electrons. The lowest BCUT2D eigenvalue weighted by atomic mass is 9.78. The van der Waals surface area contributed by atoms with E-state index < -0.39 is 11.9 Å². The summed E-state index contributed by atoms with van der Waals surface area (Å²) in [5, 5.41) is 9.78. The van der Waals surface area contributed by atoms with Crippen LogP contribution < -0.4 is 0 Å². The van der Waals surface area contributed by atoms with E-state index in [1.54, 1.807) is 23.1 Å². The van der Waals surface area contributed by atoms with E-state index in [0.717, 1.165) is 25.7 Å². The van der Waals surface area contributed by atoms with Gasteiger partial charge in [-0.25, -0.2) is 0 Å². The van der Waals surface area contributed by atoms with Crippen molar-refractivity contribution in [2.24, 2.45) is 5.92 Å². The molecule has 0 aromatic heterocycles. The van der Waals surface area contributed by atoms with Gasteiger partial charge in [-0.15, -0.1) is 0 Å². The largest absolute Gasteiger partial charge is 0.481 e. The number of carboxylic acids is 1. The fourth-order valence-corrected chi connectivity index (χ4v) is 3.60. The molecular weight excluding hydrogens is 290 g/mol. The zero-order valence-electron chi connectivity index (χ0n) is 14.3. The van der Waals surface area contributed by atoms with E-state index >= 15 is 0 Å². The van der Waals surface area contributed by atoms with Crippen LogP contribution in [-0.2, 0) is 4.79 Å². The molecule has 1 aromatic rings. The molecule has 1 amide bonds. The Hall–Kier alpha value is -1.84. The predicted octanol–water partition coefficient (Wildman–Crippen LogP) is 3.92. The topological polar surface area (TPSA) is 57.6 Å². The summed E-state index contributed by atoms with van der Waals surface area (Å²) in [4.78, 5) is 26.6. The number of benzene rings is 1. The van der Waals surface area contributed by atoms with Crippen molar-refractivity contribution >= 4 is 11.9 Å². The summed E-state index contributed by atoms with van der Waals surface area (Å²) >= 11 is 0. The van der Waals surface area contributed by atoms with Crippen LogP contribution in [0.25, 0.3) is 0 Å². The fourth-order valence-electron chi connectivity index (χ4n) is 3.60. The molecule has 1 aromatic carbocycles. The van der Waals surface area contributed by atoms with Crippen molar-refractivity contribution in [2.45, 2.75) is 58.4 Å². The van der Waals surface area contributed by atoms with Crippen LogP contribution in [0.3, 0.4) is 0 Å². The quantitative estimate of drug-likeness (QED) is 0.776. The third-order valence-electron chi connectivity index (χ3n) is 4.69. The van der Waals surface area contributed by atoms with Gasteiger partial charge in [-0.2, -0.15) is 0 Å². The summed E-state index contributed by atoms with van der Waals surface area (Å²) in [7, 11) is 0. The van der Waals surface area contributed by atoms with Gasteiger partial charge >= 0.3 is 5.97 Å². The molecule has 1 aliphatic rings. The Morgan fingerprint density at radius 3 is 2.52 bits per heavy atom. The van der Waals surface area contributed by atoms with Crippen molar-refractivity contribution in [1.82, 2.24) is 4.90 Å². The van der Waals surface area contributed by atoms with Crippen LogP contribution in [0.15, 0.2) is 24.3 Å². The number of hydrogen-bond acceptors (Lipinski definition) is 2. The van der Waals surface area contributed by atoms with E-state index in [4.69, 9.17) is 0 Å². The number of aliphatic carboxylic acids is 1. The second kappa shape index (κ2) is 7.62. The minimum Gasteiger partial charge on any atom is -0.481 e. The van der Waals surface area contributed by atoms with E-state index in [-0.39, 0.29) is 17.9 Å². The number of carbonyl (C=O) groups excluding carboxylic acids is 1. The molecule has 0 saturated carbocycles. The Bertz CT molecular complexity index is 567. The Morgan fingerprint density at radius 1 is 1.22 bits per heavy atom. The van der Waals surface area contributed by atoms with Crippen LogP contribution in [0.4, 0.5) is 0 Å². The minimum atomic E-state index is -0.845. The molecule has 2 atom stereocenters. The maximum absolute atomic E-state index is 12.9. The third kappa shape index (κ3) is 3.57. The lowest BCUT2D eigenvalue weighted by Crippen LogP contribution is -2.53. The monoisotopic (exact) mass is 317 g/mol. The van der Waals surface area contributed by atoms with Gasteiger partial charge in [0.25, 0.3) is 5.91 Å². The highest BCUT2D eigenvalue weighted by Crippen LogP contribution is 2.37. The molecule has 0 aliphatic carbocycles. The number of amides is 1. The highest BCUT2D eigenvalue weighted by atomic mass is 16.4. The van der Waals surface area contributed by atoms with Crippen LogP contribution in [0.2, 0.25) is 0 Å². The summed E-state index contributed by atoms with van der Waals surface area (Å²) in [5.74, 6) is -1.41. The van der Waals surface area contributed by atoms with Gasteiger partial charge in [0.15, 0.2) is 0 Å². The molecule has 1 N–H and O–H groups in total. The zero-order chi connectivity index (χ0) is 17.0. The van der Waals surface area contributed by atoms with Crippen molar-refractivity contribution in [3.8, 4) is 0 Å². The van der Waals surface area contributed by atoms with Gasteiger partial charge in [-0.3, -0.25) is 9.59 Å². The van der Waals surface area contributed by atoms with E-state index in [9.17, 15) is 14.7 Å². The second-order valence-corrected chi connectivity index (χ2v) is 6.70. The van der Waals surface area contributed by atoms with Crippen LogP contribution in [0, 0.1) is 5.92 Å². The van der Waals surface area contributed by atoms with E-state index in [1.165, 1.54) is 0 Å². The molecule has 126 valence electrons. The number of fused-ring (bicyclic) bond motifs is 1. The fraction of sp³-hybridized carbons (Fsp3) is 0.579. The van der Waals surface area contributed by atoms with Crippen molar-refractivity contribution < 1.29 is 14.7 Å². The van der Waals surface area contributed by atoms with Crippen molar-refractivity contribution in [3.63, 3.8) is 0 Å². The average Bonchev–Trinajstić information content (AvgIpc) is 2.52. The molecule has 1 heterocycles. The van der Waals surface area contributed by atoms with E-state index in [2.05, 4.69) is 6.92 Å². The number of nitrogens with zero attached hydrogens (tertiary/aromatic N) is 1. The first-order valence-electron chi connectivity index (χ1n) is 8.61. The predicted molar refractivity (Wildman–Crippen MR) is 90.6 cm³/mol. The summed E-state index contributed by atoms with van der Waals surface area (Å²) in [5.41, 5.74) is 1.21. The summed E-state index contributed by atoms with van der Waals surface area (Å²) in [6.07, 6.45) is 4.29. The molecule has 4 nitrogen and oxygen atoms in total. The number of hydrogen-bond donors (Lipinski definition) is 1. The van der Waals surface area contributed by atoms with Crippen molar-refractivity contribution in [2.75, 3.05) is 6.54 Å². The van der Waals surface area contributed by atoms with Gasteiger partial charge in [-0.05, 0) is 24.0 Å². The Labute approximate surface area is 138 Å². The standard InChI is InChI=1S/C19H27NO3/c1-4-5-6-9-12-20-17(13(2)3)16(19(22)23)14-10-7-8-11-15(14)18(20)21/h7-8,10-11,13,16-17H,4-6,9,12H2,1-3H3,(H,22,23). The lowest BCUT2D eigenvalue weighted by Gasteiger charge is -2.42. The highest BCUT2D eigenvalue weighted by molar-refractivity contribution is 6.00. The smallest absolute Gasteiger partial charge is 0.313 e. The molecule has 4 heteroatoms. The molecule has 23 heavy (non-hydrogen) atoms. The van der Waals surface area contributed by atoms with Gasteiger partial charge in [0.2, 0.25) is 0 Å². The molecule has 2 unspecified atom stereocenters. The molecule has 2 rings (SSSR count). The Morgan fingerprint density at radius 2 is 1.91 bits per heavy atom. The Balaban J connectivity index is 2.36. The molecule has 0 bridgehead atoms. The summed E-state index contributed by atoms with van der Waals surface area (Å²) < 4.78 is 0. The first kappa shape index (κ1) is 17.5. The van der Waals surface area contributed by atoms with Crippen molar-refractivity contribution in [3.05, 3.63) is 35.4 Å². The SMILES string of the molecule is CCCCCCN1C(=O)c2ccccc2C(C(=O)O)C1C(C)C. The van der Waals surface area contributed by atoms with Gasteiger partial charge in [0.05, 0.1) is 6.04 Å². The normalized spacial score (nSPS) is 20.7. The first-order chi connectivity index (χ1) is 11.0. The minimum absolute atomic E-state index is 0.0201. The summed E-state index contributed by atoms with van der Waals surface area (Å²) in [6, 6.07) is 6.88. The van der Waals surface area contributed by atoms with Gasteiger partial charge in [0, 0.05) is 12.1 Å². The molecular formula is C19H27NO3. The van der Waals surface area contributed by atoms with Crippen LogP contribution in [-0.4, -0.2) is 34.5 Å². The maximum atomic E-state index is 12.9. The highest BCUT2D eigenvalue weighted by Gasteiger charge is 2.44. The number of carboxylic acid groups (broad SMARTS) is 1. The van der Waals surface area contributed by atoms with E-state index in [0.29, 0.717) is 17.7 Å². The molecule has 0 saturated heterocycles. The average molecular weight is 317 g/mol. The lowest BCUT2D eigenvalue weighted by molar-refractivity contribution is -0.141. The number of rotatable bonds is 7.